The molecule has 0 unspecified atom stereocenters. The molecule has 0 saturated carbocycles. The second-order valence-corrected chi connectivity index (χ2v) is 6.38. The molecule has 29 heavy (non-hydrogen) atoms. The van der Waals surface area contributed by atoms with Crippen LogP contribution in [0.2, 0.25) is 0 Å². The molecule has 0 saturated heterocycles. The Kier molecular flexibility index (Phi) is 7.05. The number of carbonyl (C=O) groups excluding carboxylic acids is 2. The third-order valence-electron chi connectivity index (χ3n) is 4.22. The van der Waals surface area contributed by atoms with Crippen molar-refractivity contribution in [1.29, 1.82) is 0 Å². The van der Waals surface area contributed by atoms with Crippen LogP contribution in [0, 0.1) is 0 Å². The highest BCUT2D eigenvalue weighted by molar-refractivity contribution is 5.94. The van der Waals surface area contributed by atoms with Crippen LogP contribution in [0.4, 0.5) is 0 Å². The average Bonchev–Trinajstić information content (AvgIpc) is 3.19. The Bertz CT molecular complexity index is 956. The van der Waals surface area contributed by atoms with Crippen molar-refractivity contribution in [2.45, 2.75) is 26.3 Å². The van der Waals surface area contributed by atoms with E-state index in [4.69, 9.17) is 4.74 Å². The standard InChI is InChI=1S/C21H23N5O3/c1-2-29-21(28)19-18(13-22-15-24-19)11-16-12-25-26(14-16)10-6-9-23-20(27)17-7-4-3-5-8-17/h3-5,7-8,12-15H,2,6,9-11H2,1H3,(H,23,27). The molecule has 0 bridgehead atoms. The van der Waals surface area contributed by atoms with E-state index in [9.17, 15) is 9.59 Å². The number of aryl methyl sites for hydroxylation is 1. The van der Waals surface area contributed by atoms with Gasteiger partial charge in [0.25, 0.3) is 5.91 Å². The summed E-state index contributed by atoms with van der Waals surface area (Å²) in [5.74, 6) is -0.534. The summed E-state index contributed by atoms with van der Waals surface area (Å²) in [6.07, 6.45) is 7.87. The van der Waals surface area contributed by atoms with E-state index in [-0.39, 0.29) is 11.6 Å². The van der Waals surface area contributed by atoms with Crippen LogP contribution < -0.4 is 5.32 Å². The zero-order valence-corrected chi connectivity index (χ0v) is 16.2. The smallest absolute Gasteiger partial charge is 0.357 e. The maximum Gasteiger partial charge on any atom is 0.357 e. The molecule has 0 radical (unpaired) electrons. The average molecular weight is 393 g/mol. The van der Waals surface area contributed by atoms with Crippen molar-refractivity contribution in [3.05, 3.63) is 77.6 Å². The van der Waals surface area contributed by atoms with Gasteiger partial charge in [0.2, 0.25) is 0 Å². The van der Waals surface area contributed by atoms with Gasteiger partial charge >= 0.3 is 5.97 Å². The summed E-state index contributed by atoms with van der Waals surface area (Å²) in [6.45, 7) is 3.28. The van der Waals surface area contributed by atoms with Crippen molar-refractivity contribution in [1.82, 2.24) is 25.1 Å². The Labute approximate surface area is 168 Å². The molecule has 3 rings (SSSR count). The lowest BCUT2D eigenvalue weighted by Crippen LogP contribution is -2.25. The normalized spacial score (nSPS) is 10.5. The van der Waals surface area contributed by atoms with Crippen LogP contribution in [0.3, 0.4) is 0 Å². The van der Waals surface area contributed by atoms with E-state index in [0.29, 0.717) is 37.2 Å². The molecule has 0 aliphatic rings. The number of nitrogens with zero attached hydrogens (tertiary/aromatic N) is 4. The molecule has 0 atom stereocenters. The number of ether oxygens (including phenoxy) is 1. The Morgan fingerprint density at radius 2 is 2.00 bits per heavy atom. The van der Waals surface area contributed by atoms with Gasteiger partial charge in [-0.15, -0.1) is 0 Å². The predicted molar refractivity (Wildman–Crippen MR) is 106 cm³/mol. The highest BCUT2D eigenvalue weighted by atomic mass is 16.5. The summed E-state index contributed by atoms with van der Waals surface area (Å²) in [6, 6.07) is 9.12. The third-order valence-corrected chi connectivity index (χ3v) is 4.22. The molecule has 0 fully saturated rings. The lowest BCUT2D eigenvalue weighted by Gasteiger charge is -2.06. The van der Waals surface area contributed by atoms with Crippen LogP contribution in [0.1, 0.15) is 45.3 Å². The Balaban J connectivity index is 1.50. The Hall–Kier alpha value is -3.55. The van der Waals surface area contributed by atoms with Crippen molar-refractivity contribution in [3.63, 3.8) is 0 Å². The minimum Gasteiger partial charge on any atom is -0.461 e. The van der Waals surface area contributed by atoms with Gasteiger partial charge in [0.15, 0.2) is 5.69 Å². The number of esters is 1. The first-order valence-electron chi connectivity index (χ1n) is 9.48. The minimum absolute atomic E-state index is 0.0812. The second-order valence-electron chi connectivity index (χ2n) is 6.38. The molecular weight excluding hydrogens is 370 g/mol. The monoisotopic (exact) mass is 393 g/mol. The van der Waals surface area contributed by atoms with Gasteiger partial charge in [-0.25, -0.2) is 14.8 Å². The summed E-state index contributed by atoms with van der Waals surface area (Å²) in [4.78, 5) is 32.1. The zero-order valence-electron chi connectivity index (χ0n) is 16.2. The van der Waals surface area contributed by atoms with Crippen molar-refractivity contribution in [2.24, 2.45) is 0 Å². The number of amides is 1. The van der Waals surface area contributed by atoms with Crippen LogP contribution >= 0.6 is 0 Å². The first kappa shape index (κ1) is 20.2. The quantitative estimate of drug-likeness (QED) is 0.442. The summed E-state index contributed by atoms with van der Waals surface area (Å²) >= 11 is 0. The van der Waals surface area contributed by atoms with Gasteiger partial charge in [0.1, 0.15) is 6.33 Å². The number of benzene rings is 1. The minimum atomic E-state index is -0.452. The first-order chi connectivity index (χ1) is 14.2. The molecular formula is C21H23N5O3. The largest absolute Gasteiger partial charge is 0.461 e. The van der Waals surface area contributed by atoms with Crippen molar-refractivity contribution in [2.75, 3.05) is 13.2 Å². The fourth-order valence-corrected chi connectivity index (χ4v) is 2.85. The number of rotatable bonds is 9. The second kappa shape index (κ2) is 10.1. The molecule has 8 heteroatoms. The SMILES string of the molecule is CCOC(=O)c1ncncc1Cc1cnn(CCCNC(=O)c2ccccc2)c1. The van der Waals surface area contributed by atoms with E-state index in [0.717, 1.165) is 12.0 Å². The van der Waals surface area contributed by atoms with E-state index >= 15 is 0 Å². The number of carbonyl (C=O) groups is 2. The molecule has 1 N–H and O–H groups in total. The van der Waals surface area contributed by atoms with E-state index in [2.05, 4.69) is 20.4 Å². The van der Waals surface area contributed by atoms with Crippen molar-refractivity contribution in [3.8, 4) is 0 Å². The van der Waals surface area contributed by atoms with Crippen LogP contribution in [0.15, 0.2) is 55.2 Å². The van der Waals surface area contributed by atoms with Gasteiger partial charge in [-0.05, 0) is 31.0 Å². The van der Waals surface area contributed by atoms with Crippen molar-refractivity contribution < 1.29 is 14.3 Å². The van der Waals surface area contributed by atoms with E-state index in [1.54, 1.807) is 31.5 Å². The molecule has 1 aromatic carbocycles. The zero-order chi connectivity index (χ0) is 20.5. The molecule has 2 heterocycles. The van der Waals surface area contributed by atoms with Gasteiger partial charge in [0.05, 0.1) is 12.8 Å². The Morgan fingerprint density at radius 3 is 2.79 bits per heavy atom. The van der Waals surface area contributed by atoms with Gasteiger partial charge in [0, 0.05) is 43.0 Å². The molecule has 1 amide bonds. The molecule has 2 aromatic heterocycles. The van der Waals surface area contributed by atoms with Gasteiger partial charge in [-0.2, -0.15) is 5.10 Å². The molecule has 150 valence electrons. The number of hydrogen-bond donors (Lipinski definition) is 1. The third kappa shape index (κ3) is 5.71. The summed E-state index contributed by atoms with van der Waals surface area (Å²) in [7, 11) is 0. The molecule has 0 aliphatic heterocycles. The molecule has 8 nitrogen and oxygen atoms in total. The fraction of sp³-hybridized carbons (Fsp3) is 0.286. The summed E-state index contributed by atoms with van der Waals surface area (Å²) in [5.41, 5.74) is 2.56. The van der Waals surface area contributed by atoms with E-state index in [1.807, 2.05) is 29.1 Å². The van der Waals surface area contributed by atoms with Gasteiger partial charge in [-0.1, -0.05) is 18.2 Å². The number of nitrogens with one attached hydrogen (secondary N) is 1. The predicted octanol–water partition coefficient (Wildman–Crippen LogP) is 2.26. The van der Waals surface area contributed by atoms with Crippen molar-refractivity contribution >= 4 is 11.9 Å². The lowest BCUT2D eigenvalue weighted by atomic mass is 10.1. The number of hydrogen-bond acceptors (Lipinski definition) is 6. The topological polar surface area (TPSA) is 99.0 Å². The fourth-order valence-electron chi connectivity index (χ4n) is 2.85. The highest BCUT2D eigenvalue weighted by Gasteiger charge is 2.15. The van der Waals surface area contributed by atoms with Crippen LogP contribution in [-0.4, -0.2) is 44.8 Å². The Morgan fingerprint density at radius 1 is 1.17 bits per heavy atom. The molecule has 0 aliphatic carbocycles. The lowest BCUT2D eigenvalue weighted by molar-refractivity contribution is 0.0518. The first-order valence-corrected chi connectivity index (χ1v) is 9.48. The summed E-state index contributed by atoms with van der Waals surface area (Å²) in [5, 5.41) is 7.24. The highest BCUT2D eigenvalue weighted by Crippen LogP contribution is 2.12. The maximum atomic E-state index is 12.0. The van der Waals surface area contributed by atoms with Crippen LogP contribution in [-0.2, 0) is 17.7 Å². The maximum absolute atomic E-state index is 12.0. The summed E-state index contributed by atoms with van der Waals surface area (Å²) < 4.78 is 6.86. The van der Waals surface area contributed by atoms with Gasteiger partial charge < -0.3 is 10.1 Å². The van der Waals surface area contributed by atoms with Crippen LogP contribution in [0.25, 0.3) is 0 Å². The van der Waals surface area contributed by atoms with Crippen LogP contribution in [0.5, 0.6) is 0 Å². The molecule has 3 aromatic rings. The van der Waals surface area contributed by atoms with E-state index < -0.39 is 5.97 Å². The number of aromatic nitrogens is 4. The van der Waals surface area contributed by atoms with E-state index in [1.165, 1.54) is 6.33 Å². The molecule has 0 spiro atoms. The van der Waals surface area contributed by atoms with Gasteiger partial charge in [-0.3, -0.25) is 9.48 Å².